The van der Waals surface area contributed by atoms with E-state index in [0.717, 1.165) is 17.1 Å². The molecule has 0 bridgehead atoms. The topological polar surface area (TPSA) is 120 Å². The molecule has 0 saturated heterocycles. The van der Waals surface area contributed by atoms with E-state index in [9.17, 15) is 8.42 Å². The summed E-state index contributed by atoms with van der Waals surface area (Å²) in [7, 11) is -3.45. The molecule has 32 heavy (non-hydrogen) atoms. The summed E-state index contributed by atoms with van der Waals surface area (Å²) in [4.78, 5) is 13.6. The van der Waals surface area contributed by atoms with Crippen LogP contribution in [0.15, 0.2) is 58.7 Å². The number of rotatable bonds is 5. The van der Waals surface area contributed by atoms with Gasteiger partial charge in [0.1, 0.15) is 12.0 Å². The van der Waals surface area contributed by atoms with Crippen LogP contribution in [0.4, 0.5) is 28.7 Å². The molecule has 1 atom stereocenters. The molecule has 4 N–H and O–H groups in total. The highest BCUT2D eigenvalue weighted by Crippen LogP contribution is 2.38. The summed E-state index contributed by atoms with van der Waals surface area (Å²) in [5, 5.41) is 13.6. The minimum Gasteiger partial charge on any atom is -0.372 e. The molecule has 2 aliphatic heterocycles. The summed E-state index contributed by atoms with van der Waals surface area (Å²) in [5.74, 6) is 1.37. The van der Waals surface area contributed by atoms with Gasteiger partial charge in [0.15, 0.2) is 21.5 Å². The monoisotopic (exact) mass is 469 g/mol. The molecule has 0 amide bonds. The van der Waals surface area contributed by atoms with Crippen molar-refractivity contribution in [3.8, 4) is 0 Å². The predicted octanol–water partition coefficient (Wildman–Crippen LogP) is 3.36. The number of aromatic nitrogens is 2. The highest BCUT2D eigenvalue weighted by molar-refractivity contribution is 7.90. The number of fused-ring (bicyclic) bond motifs is 2. The fourth-order valence-electron chi connectivity index (χ4n) is 3.82. The van der Waals surface area contributed by atoms with Crippen LogP contribution in [0.3, 0.4) is 0 Å². The number of nitrogens with one attached hydrogen (secondary N) is 4. The smallest absolute Gasteiger partial charge is 0.177 e. The quantitative estimate of drug-likeness (QED) is 0.449. The summed E-state index contributed by atoms with van der Waals surface area (Å²) >= 11 is 6.48. The molecule has 3 heterocycles. The Balaban J connectivity index is 1.55. The first-order chi connectivity index (χ1) is 15.4. The van der Waals surface area contributed by atoms with Crippen LogP contribution in [-0.4, -0.2) is 49.6 Å². The maximum atomic E-state index is 12.4. The first-order valence-electron chi connectivity index (χ1n) is 9.91. The number of aliphatic imine (C=N–C) groups is 1. The second-order valence-electron chi connectivity index (χ2n) is 7.45. The van der Waals surface area contributed by atoms with E-state index in [4.69, 9.17) is 16.6 Å². The van der Waals surface area contributed by atoms with Crippen molar-refractivity contribution in [3.05, 3.63) is 59.4 Å². The zero-order valence-corrected chi connectivity index (χ0v) is 18.6. The summed E-state index contributed by atoms with van der Waals surface area (Å²) in [6.07, 6.45) is 2.67. The molecule has 9 nitrogen and oxygen atoms in total. The average molecular weight is 470 g/mol. The molecule has 3 aromatic rings. The number of hydrogen-bond acceptors (Lipinski definition) is 9. The van der Waals surface area contributed by atoms with Crippen molar-refractivity contribution in [2.45, 2.75) is 10.9 Å². The van der Waals surface area contributed by atoms with Crippen molar-refractivity contribution in [2.24, 2.45) is 4.99 Å². The zero-order chi connectivity index (χ0) is 22.3. The molecule has 5 rings (SSSR count). The van der Waals surface area contributed by atoms with Gasteiger partial charge in [0.25, 0.3) is 0 Å². The molecule has 164 valence electrons. The Morgan fingerprint density at radius 2 is 1.94 bits per heavy atom. The number of anilines is 4. The van der Waals surface area contributed by atoms with Crippen molar-refractivity contribution >= 4 is 55.8 Å². The van der Waals surface area contributed by atoms with E-state index in [1.54, 1.807) is 24.3 Å². The minimum atomic E-state index is -3.45. The van der Waals surface area contributed by atoms with Crippen LogP contribution in [0.25, 0.3) is 0 Å². The van der Waals surface area contributed by atoms with Gasteiger partial charge in [0, 0.05) is 23.4 Å². The third-order valence-electron chi connectivity index (χ3n) is 5.28. The lowest BCUT2D eigenvalue weighted by atomic mass is 10.00. The Labute approximate surface area is 190 Å². The standard InChI is InChI=1S/C21H20ClN7O2S/c1-32(30,31)16-8-4-7-14-18(16)29-15(17(28-14)12-5-2-3-6-13(12)22)9-23-20-19-21(25-10-24-19)27-11-26-20/h2-8,11,15,24,29H,9-10H2,1H3,(H2,23,25,26,27). The molecule has 1 unspecified atom stereocenters. The molecule has 0 aliphatic carbocycles. The number of halogens is 1. The Kier molecular flexibility index (Phi) is 5.10. The van der Waals surface area contributed by atoms with Crippen molar-refractivity contribution < 1.29 is 8.42 Å². The van der Waals surface area contributed by atoms with Crippen molar-refractivity contribution in [1.82, 2.24) is 9.97 Å². The van der Waals surface area contributed by atoms with E-state index in [2.05, 4.69) is 31.2 Å². The van der Waals surface area contributed by atoms with E-state index in [-0.39, 0.29) is 10.9 Å². The van der Waals surface area contributed by atoms with Gasteiger partial charge in [-0.1, -0.05) is 35.9 Å². The second kappa shape index (κ2) is 7.95. The van der Waals surface area contributed by atoms with Crippen LogP contribution in [0, 0.1) is 0 Å². The Hall–Kier alpha value is -3.37. The lowest BCUT2D eigenvalue weighted by Crippen LogP contribution is -2.39. The highest BCUT2D eigenvalue weighted by atomic mass is 35.5. The fraction of sp³-hybridized carbons (Fsp3) is 0.190. The molecule has 1 aromatic heterocycles. The van der Waals surface area contributed by atoms with Gasteiger partial charge in [-0.25, -0.2) is 23.4 Å². The Morgan fingerprint density at radius 3 is 2.75 bits per heavy atom. The van der Waals surface area contributed by atoms with Crippen LogP contribution >= 0.6 is 11.6 Å². The molecule has 0 saturated carbocycles. The van der Waals surface area contributed by atoms with E-state index >= 15 is 0 Å². The summed E-state index contributed by atoms with van der Waals surface area (Å²) in [6, 6.07) is 12.1. The summed E-state index contributed by atoms with van der Waals surface area (Å²) in [6.45, 7) is 0.953. The number of benzene rings is 2. The first kappa shape index (κ1) is 20.5. The van der Waals surface area contributed by atoms with Gasteiger partial charge in [0.2, 0.25) is 0 Å². The van der Waals surface area contributed by atoms with Gasteiger partial charge >= 0.3 is 0 Å². The van der Waals surface area contributed by atoms with Crippen molar-refractivity contribution in [3.63, 3.8) is 0 Å². The molecule has 11 heteroatoms. The largest absolute Gasteiger partial charge is 0.372 e. The molecule has 2 aromatic carbocycles. The van der Waals surface area contributed by atoms with Gasteiger partial charge in [0.05, 0.1) is 34.7 Å². The molecule has 0 fully saturated rings. The lowest BCUT2D eigenvalue weighted by Gasteiger charge is -2.29. The van der Waals surface area contributed by atoms with Crippen molar-refractivity contribution in [1.29, 1.82) is 0 Å². The van der Waals surface area contributed by atoms with Crippen LogP contribution in [0.1, 0.15) is 5.56 Å². The number of nitrogens with zero attached hydrogens (tertiary/aromatic N) is 3. The molecular formula is C21H20ClN7O2S. The normalized spacial score (nSPS) is 16.7. The molecule has 0 radical (unpaired) electrons. The zero-order valence-electron chi connectivity index (χ0n) is 17.1. The predicted molar refractivity (Wildman–Crippen MR) is 127 cm³/mol. The lowest BCUT2D eigenvalue weighted by molar-refractivity contribution is 0.602. The van der Waals surface area contributed by atoms with Crippen LogP contribution < -0.4 is 21.3 Å². The first-order valence-corrected chi connectivity index (χ1v) is 12.2. The number of para-hydroxylation sites is 1. The Morgan fingerprint density at radius 1 is 1.09 bits per heavy atom. The van der Waals surface area contributed by atoms with Crippen molar-refractivity contribution in [2.75, 3.05) is 40.7 Å². The SMILES string of the molecule is CS(=O)(=O)c1cccc2c1NC(CNc1ncnc3c1NCN3)C(c1ccccc1Cl)=N2. The van der Waals surface area contributed by atoms with Gasteiger partial charge in [-0.3, -0.25) is 0 Å². The number of sulfone groups is 1. The second-order valence-corrected chi connectivity index (χ2v) is 9.84. The molecule has 0 spiro atoms. The average Bonchev–Trinajstić information content (AvgIpc) is 3.26. The highest BCUT2D eigenvalue weighted by Gasteiger charge is 2.29. The third kappa shape index (κ3) is 3.71. The fourth-order valence-corrected chi connectivity index (χ4v) is 4.91. The maximum Gasteiger partial charge on any atom is 0.177 e. The Bertz CT molecular complexity index is 1340. The van der Waals surface area contributed by atoms with Gasteiger partial charge < -0.3 is 21.3 Å². The van der Waals surface area contributed by atoms with E-state index in [0.29, 0.717) is 41.1 Å². The maximum absolute atomic E-state index is 12.4. The minimum absolute atomic E-state index is 0.204. The van der Waals surface area contributed by atoms with Crippen LogP contribution in [0.5, 0.6) is 0 Å². The number of hydrogen-bond donors (Lipinski definition) is 4. The van der Waals surface area contributed by atoms with Crippen LogP contribution in [0.2, 0.25) is 5.02 Å². The van der Waals surface area contributed by atoms with Gasteiger partial charge in [-0.15, -0.1) is 0 Å². The van der Waals surface area contributed by atoms with Gasteiger partial charge in [-0.2, -0.15) is 0 Å². The van der Waals surface area contributed by atoms with E-state index < -0.39 is 9.84 Å². The summed E-state index contributed by atoms with van der Waals surface area (Å²) in [5.41, 5.74) is 3.30. The third-order valence-corrected chi connectivity index (χ3v) is 6.75. The molecular weight excluding hydrogens is 450 g/mol. The summed E-state index contributed by atoms with van der Waals surface area (Å²) < 4.78 is 24.7. The van der Waals surface area contributed by atoms with E-state index in [1.165, 1.54) is 12.6 Å². The van der Waals surface area contributed by atoms with Crippen LogP contribution in [-0.2, 0) is 9.84 Å². The van der Waals surface area contributed by atoms with E-state index in [1.807, 2.05) is 18.2 Å². The molecule has 2 aliphatic rings. The van der Waals surface area contributed by atoms with Gasteiger partial charge in [-0.05, 0) is 18.2 Å².